The van der Waals surface area contributed by atoms with Gasteiger partial charge in [0.05, 0.1) is 0 Å². The van der Waals surface area contributed by atoms with Crippen molar-refractivity contribution in [3.63, 3.8) is 0 Å². The van der Waals surface area contributed by atoms with Gasteiger partial charge in [0.15, 0.2) is 0 Å². The molecule has 110 valence electrons. The van der Waals surface area contributed by atoms with Crippen LogP contribution in [0.2, 0.25) is 16.6 Å². The summed E-state index contributed by atoms with van der Waals surface area (Å²) < 4.78 is 25.6. The van der Waals surface area contributed by atoms with Gasteiger partial charge in [-0.3, -0.25) is 0 Å². The Hall–Kier alpha value is -0.772. The molecule has 0 aliphatic carbocycles. The van der Waals surface area contributed by atoms with Gasteiger partial charge < -0.3 is 0 Å². The topological polar surface area (TPSA) is 62.0 Å². The molecule has 0 aliphatic rings. The molecule has 6 heteroatoms. The maximum atomic E-state index is 11.6. The summed E-state index contributed by atoms with van der Waals surface area (Å²) in [6, 6.07) is 5.83. The molecule has 2 N–H and O–H groups in total. The zero-order chi connectivity index (χ0) is 14.8. The first kappa shape index (κ1) is 15.6. The molecule has 0 fully saturated rings. The fraction of sp³-hybridized carbons (Fsp3) is 0.429. The molecule has 0 atom stereocenters. The van der Waals surface area contributed by atoms with Crippen molar-refractivity contribution in [2.24, 2.45) is 0 Å². The molecule has 0 spiro atoms. The summed E-state index contributed by atoms with van der Waals surface area (Å²) in [7, 11) is -1.77. The van der Waals surface area contributed by atoms with Crippen LogP contribution in [0.5, 0.6) is 0 Å². The van der Waals surface area contributed by atoms with Gasteiger partial charge in [0.1, 0.15) is 0 Å². The van der Waals surface area contributed by atoms with E-state index in [9.17, 15) is 8.42 Å². The molecule has 1 aromatic carbocycles. The second-order valence-corrected chi connectivity index (χ2v) is 12.6. The van der Waals surface area contributed by atoms with Crippen molar-refractivity contribution in [1.29, 1.82) is 0 Å². The molecular formula is C14H21AsN2O2S. The SMILES string of the molecule is CNS(=O)(=O)Cc1ccc2[nH]cc(CC[As](C)C)c2c1. The summed E-state index contributed by atoms with van der Waals surface area (Å²) in [5.74, 6) is 0.0312. The maximum absolute atomic E-state index is 11.6. The molecule has 0 aliphatic heterocycles. The fourth-order valence-corrected chi connectivity index (χ4v) is 4.36. The molecule has 20 heavy (non-hydrogen) atoms. The number of hydrogen-bond acceptors (Lipinski definition) is 2. The molecule has 1 aromatic heterocycles. The van der Waals surface area contributed by atoms with Crippen molar-refractivity contribution >= 4 is 35.6 Å². The Morgan fingerprint density at radius 1 is 1.30 bits per heavy atom. The monoisotopic (exact) mass is 356 g/mol. The molecule has 0 saturated carbocycles. The van der Waals surface area contributed by atoms with Gasteiger partial charge in [-0.1, -0.05) is 0 Å². The van der Waals surface area contributed by atoms with Crippen LogP contribution in [0, 0.1) is 0 Å². The number of rotatable bonds is 6. The van der Waals surface area contributed by atoms with Gasteiger partial charge in [-0.05, 0) is 0 Å². The number of fused-ring (bicyclic) bond motifs is 1. The van der Waals surface area contributed by atoms with Crippen LogP contribution in [-0.2, 0) is 22.2 Å². The van der Waals surface area contributed by atoms with Crippen molar-refractivity contribution < 1.29 is 8.42 Å². The van der Waals surface area contributed by atoms with Crippen LogP contribution in [-0.4, -0.2) is 35.1 Å². The molecule has 0 saturated heterocycles. The Labute approximate surface area is 125 Å². The average molecular weight is 356 g/mol. The van der Waals surface area contributed by atoms with Crippen molar-refractivity contribution in [2.75, 3.05) is 7.05 Å². The van der Waals surface area contributed by atoms with E-state index in [1.165, 1.54) is 17.8 Å². The van der Waals surface area contributed by atoms with Gasteiger partial charge >= 0.3 is 125 Å². The normalized spacial score (nSPS) is 12.4. The standard InChI is InChI=1S/C14H21AsN2O2S/c1-15(2)7-6-12-9-17-14-5-4-11(8-13(12)14)10-20(18,19)16-3/h4-5,8-9,16-17H,6-7,10H2,1-3H3. The molecule has 0 unspecified atom stereocenters. The Morgan fingerprint density at radius 3 is 2.70 bits per heavy atom. The summed E-state index contributed by atoms with van der Waals surface area (Å²) >= 11 is -0.629. The Bertz CT molecular complexity index is 692. The zero-order valence-electron chi connectivity index (χ0n) is 12.1. The Morgan fingerprint density at radius 2 is 2.05 bits per heavy atom. The number of aromatic nitrogens is 1. The van der Waals surface area contributed by atoms with Crippen LogP contribution in [0.4, 0.5) is 0 Å². The number of hydrogen-bond donors (Lipinski definition) is 2. The van der Waals surface area contributed by atoms with E-state index < -0.39 is 24.7 Å². The Balaban J connectivity index is 2.29. The number of aryl methyl sites for hydroxylation is 1. The van der Waals surface area contributed by atoms with Gasteiger partial charge in [0.25, 0.3) is 0 Å². The molecule has 2 aromatic rings. The van der Waals surface area contributed by atoms with Crippen molar-refractivity contribution in [1.82, 2.24) is 9.71 Å². The molecule has 4 nitrogen and oxygen atoms in total. The summed E-state index contributed by atoms with van der Waals surface area (Å²) in [4.78, 5) is 3.27. The third-order valence-electron chi connectivity index (χ3n) is 3.33. The number of H-pyrrole nitrogens is 1. The molecule has 2 rings (SSSR count). The van der Waals surface area contributed by atoms with Crippen LogP contribution in [0.1, 0.15) is 11.1 Å². The van der Waals surface area contributed by atoms with Crippen LogP contribution in [0.25, 0.3) is 10.9 Å². The van der Waals surface area contributed by atoms with E-state index in [0.717, 1.165) is 22.9 Å². The Kier molecular flexibility index (Phi) is 4.94. The van der Waals surface area contributed by atoms with Crippen molar-refractivity contribution in [3.8, 4) is 0 Å². The minimum absolute atomic E-state index is 0.0312. The van der Waals surface area contributed by atoms with Crippen molar-refractivity contribution in [2.45, 2.75) is 28.8 Å². The first-order valence-electron chi connectivity index (χ1n) is 6.56. The molecule has 0 amide bonds. The second-order valence-electron chi connectivity index (χ2n) is 5.21. The first-order valence-corrected chi connectivity index (χ1v) is 13.3. The predicted octanol–water partition coefficient (Wildman–Crippen LogP) is 2.51. The van der Waals surface area contributed by atoms with Crippen LogP contribution in [0.15, 0.2) is 24.4 Å². The van der Waals surface area contributed by atoms with Crippen LogP contribution < -0.4 is 4.72 Å². The first-order chi connectivity index (χ1) is 9.41. The van der Waals surface area contributed by atoms with Crippen LogP contribution in [0.3, 0.4) is 0 Å². The molecule has 1 heterocycles. The number of nitrogens with one attached hydrogen (secondary N) is 2. The molecular weight excluding hydrogens is 335 g/mol. The van der Waals surface area contributed by atoms with E-state index in [-0.39, 0.29) is 5.75 Å². The van der Waals surface area contributed by atoms with E-state index in [4.69, 9.17) is 0 Å². The van der Waals surface area contributed by atoms with E-state index in [1.807, 2.05) is 18.2 Å². The summed E-state index contributed by atoms with van der Waals surface area (Å²) in [6.45, 7) is 0. The van der Waals surface area contributed by atoms with Crippen LogP contribution >= 0.6 is 0 Å². The van der Waals surface area contributed by atoms with E-state index in [2.05, 4.69) is 27.3 Å². The second kappa shape index (κ2) is 6.33. The van der Waals surface area contributed by atoms with E-state index >= 15 is 0 Å². The fourth-order valence-electron chi connectivity index (χ4n) is 2.16. The average Bonchev–Trinajstić information content (AvgIpc) is 2.78. The summed E-state index contributed by atoms with van der Waals surface area (Å²) in [6.07, 6.45) is 3.13. The zero-order valence-corrected chi connectivity index (χ0v) is 14.8. The van der Waals surface area contributed by atoms with Gasteiger partial charge in [-0.2, -0.15) is 0 Å². The number of aromatic amines is 1. The van der Waals surface area contributed by atoms with Crippen molar-refractivity contribution in [3.05, 3.63) is 35.5 Å². The third-order valence-corrected chi connectivity index (χ3v) is 7.01. The predicted molar refractivity (Wildman–Crippen MR) is 86.0 cm³/mol. The number of benzene rings is 1. The quantitative estimate of drug-likeness (QED) is 0.782. The van der Waals surface area contributed by atoms with Gasteiger partial charge in [0, 0.05) is 0 Å². The minimum atomic E-state index is -3.22. The molecule has 0 bridgehead atoms. The van der Waals surface area contributed by atoms with E-state index in [0.29, 0.717) is 0 Å². The van der Waals surface area contributed by atoms with Gasteiger partial charge in [0.2, 0.25) is 0 Å². The third kappa shape index (κ3) is 3.87. The summed E-state index contributed by atoms with van der Waals surface area (Å²) in [5.41, 5.74) is 7.92. The van der Waals surface area contributed by atoms with Gasteiger partial charge in [-0.15, -0.1) is 0 Å². The number of sulfonamides is 1. The molecule has 0 radical (unpaired) electrons. The van der Waals surface area contributed by atoms with Gasteiger partial charge in [-0.25, -0.2) is 0 Å². The van der Waals surface area contributed by atoms with E-state index in [1.54, 1.807) is 0 Å². The summed E-state index contributed by atoms with van der Waals surface area (Å²) in [5, 5.41) is 2.43.